The molecular weight excluding hydrogens is 292 g/mol. The third kappa shape index (κ3) is 3.21. The first-order valence-electron chi connectivity index (χ1n) is 6.67. The summed E-state index contributed by atoms with van der Waals surface area (Å²) in [5, 5.41) is 19.4. The van der Waals surface area contributed by atoms with Gasteiger partial charge in [-0.15, -0.1) is 21.8 Å². The number of aryl methyl sites for hydroxylation is 1. The summed E-state index contributed by atoms with van der Waals surface area (Å²) in [5.74, 6) is 1.69. The van der Waals surface area contributed by atoms with E-state index in [-0.39, 0.29) is 11.6 Å². The Morgan fingerprint density at radius 1 is 1.38 bits per heavy atom. The highest BCUT2D eigenvalue weighted by Gasteiger charge is 2.22. The first kappa shape index (κ1) is 15.4. The second kappa shape index (κ2) is 6.22. The highest BCUT2D eigenvalue weighted by molar-refractivity contribution is 6.16. The number of hydrogen-bond donors (Lipinski definition) is 0. The van der Waals surface area contributed by atoms with Crippen molar-refractivity contribution in [2.75, 3.05) is 0 Å². The Morgan fingerprint density at radius 2 is 2.10 bits per heavy atom. The van der Waals surface area contributed by atoms with Crippen LogP contribution < -0.4 is 0 Å². The van der Waals surface area contributed by atoms with Gasteiger partial charge in [-0.3, -0.25) is 10.1 Å². The monoisotopic (exact) mass is 308 g/mol. The van der Waals surface area contributed by atoms with E-state index in [0.29, 0.717) is 29.7 Å². The van der Waals surface area contributed by atoms with Crippen molar-refractivity contribution in [2.24, 2.45) is 5.92 Å². The van der Waals surface area contributed by atoms with Crippen molar-refractivity contribution in [3.63, 3.8) is 0 Å². The molecule has 0 bridgehead atoms. The number of alkyl halides is 1. The van der Waals surface area contributed by atoms with Crippen molar-refractivity contribution in [3.05, 3.63) is 39.7 Å². The van der Waals surface area contributed by atoms with Gasteiger partial charge in [-0.05, 0) is 24.5 Å². The van der Waals surface area contributed by atoms with E-state index in [9.17, 15) is 10.1 Å². The maximum Gasteiger partial charge on any atom is 0.280 e. The van der Waals surface area contributed by atoms with Gasteiger partial charge in [0.1, 0.15) is 5.82 Å². The van der Waals surface area contributed by atoms with E-state index in [1.54, 1.807) is 12.1 Å². The van der Waals surface area contributed by atoms with E-state index >= 15 is 0 Å². The molecule has 1 heterocycles. The molecule has 6 nitrogen and oxygen atoms in total. The minimum absolute atomic E-state index is 0.0270. The quantitative estimate of drug-likeness (QED) is 0.481. The third-order valence-electron chi connectivity index (χ3n) is 3.08. The largest absolute Gasteiger partial charge is 0.310 e. The van der Waals surface area contributed by atoms with Crippen LogP contribution >= 0.6 is 11.6 Å². The van der Waals surface area contributed by atoms with Gasteiger partial charge >= 0.3 is 0 Å². The number of hydrogen-bond acceptors (Lipinski definition) is 4. The molecule has 0 saturated heterocycles. The molecule has 2 aromatic rings. The van der Waals surface area contributed by atoms with Gasteiger partial charge in [0.05, 0.1) is 16.4 Å². The summed E-state index contributed by atoms with van der Waals surface area (Å²) in [4.78, 5) is 10.8. The maximum absolute atomic E-state index is 11.2. The van der Waals surface area contributed by atoms with Crippen LogP contribution in [0.2, 0.25) is 0 Å². The van der Waals surface area contributed by atoms with Gasteiger partial charge in [0.25, 0.3) is 5.69 Å². The maximum atomic E-state index is 11.2. The zero-order chi connectivity index (χ0) is 15.6. The van der Waals surface area contributed by atoms with Crippen LogP contribution in [-0.2, 0) is 12.4 Å². The predicted molar refractivity (Wildman–Crippen MR) is 81.2 cm³/mol. The van der Waals surface area contributed by atoms with E-state index < -0.39 is 4.92 Å². The summed E-state index contributed by atoms with van der Waals surface area (Å²) >= 11 is 5.89. The number of nitro groups is 1. The van der Waals surface area contributed by atoms with Crippen molar-refractivity contribution < 1.29 is 4.92 Å². The van der Waals surface area contributed by atoms with Crippen LogP contribution in [0.3, 0.4) is 0 Å². The zero-order valence-electron chi connectivity index (χ0n) is 12.2. The number of benzene rings is 1. The van der Waals surface area contributed by atoms with Gasteiger partial charge in [0.15, 0.2) is 5.82 Å². The lowest BCUT2D eigenvalue weighted by molar-refractivity contribution is -0.384. The molecule has 1 aromatic heterocycles. The Balaban J connectivity index is 2.64. The lowest BCUT2D eigenvalue weighted by atomic mass is 10.1. The molecule has 112 valence electrons. The Morgan fingerprint density at radius 3 is 2.67 bits per heavy atom. The summed E-state index contributed by atoms with van der Waals surface area (Å²) in [6.07, 6.45) is 0. The molecule has 0 aliphatic heterocycles. The topological polar surface area (TPSA) is 73.8 Å². The fourth-order valence-corrected chi connectivity index (χ4v) is 2.38. The third-order valence-corrected chi connectivity index (χ3v) is 3.32. The molecular formula is C14H17ClN4O2. The first-order chi connectivity index (χ1) is 9.93. The van der Waals surface area contributed by atoms with Crippen LogP contribution in [-0.4, -0.2) is 19.7 Å². The van der Waals surface area contributed by atoms with Gasteiger partial charge < -0.3 is 4.57 Å². The van der Waals surface area contributed by atoms with E-state index in [1.807, 2.05) is 11.5 Å². The van der Waals surface area contributed by atoms with E-state index in [4.69, 9.17) is 11.6 Å². The molecule has 0 N–H and O–H groups in total. The molecule has 0 fully saturated rings. The lowest BCUT2D eigenvalue weighted by Crippen LogP contribution is -2.10. The van der Waals surface area contributed by atoms with Crippen LogP contribution in [0.25, 0.3) is 11.4 Å². The summed E-state index contributed by atoms with van der Waals surface area (Å²) in [6.45, 7) is 6.67. The van der Waals surface area contributed by atoms with Crippen molar-refractivity contribution in [1.29, 1.82) is 0 Å². The Kier molecular flexibility index (Phi) is 4.57. The average molecular weight is 309 g/mol. The molecule has 0 spiro atoms. The molecule has 0 aliphatic rings. The number of nitro benzene ring substituents is 1. The van der Waals surface area contributed by atoms with Crippen LogP contribution in [0.15, 0.2) is 18.2 Å². The second-order valence-corrected chi connectivity index (χ2v) is 5.62. The summed E-state index contributed by atoms with van der Waals surface area (Å²) < 4.78 is 1.86. The molecule has 0 saturated carbocycles. The highest BCUT2D eigenvalue weighted by Crippen LogP contribution is 2.30. The number of halogens is 1. The lowest BCUT2D eigenvalue weighted by Gasteiger charge is -2.12. The minimum Gasteiger partial charge on any atom is -0.310 e. The molecule has 21 heavy (non-hydrogen) atoms. The minimum atomic E-state index is -0.399. The summed E-state index contributed by atoms with van der Waals surface area (Å²) in [6, 6.07) is 4.98. The molecule has 2 rings (SSSR count). The average Bonchev–Trinajstić information content (AvgIpc) is 2.80. The number of aromatic nitrogens is 3. The van der Waals surface area contributed by atoms with E-state index in [2.05, 4.69) is 24.0 Å². The zero-order valence-corrected chi connectivity index (χ0v) is 13.0. The molecule has 0 aliphatic carbocycles. The van der Waals surface area contributed by atoms with Gasteiger partial charge in [0.2, 0.25) is 0 Å². The Labute approximate surface area is 127 Å². The second-order valence-electron chi connectivity index (χ2n) is 5.36. The molecule has 0 unspecified atom stereocenters. The standard InChI is InChI=1S/C14H17ClN4O2/c1-9(2)8-18-13(7-15)16-17-14(18)11-6-10(3)4-5-12(11)19(20)21/h4-6,9H,7-8H2,1-3H3. The number of rotatable bonds is 5. The predicted octanol–water partition coefficient (Wildman–Crippen LogP) is 3.56. The van der Waals surface area contributed by atoms with Gasteiger partial charge in [-0.1, -0.05) is 19.9 Å². The van der Waals surface area contributed by atoms with E-state index in [1.165, 1.54) is 6.07 Å². The normalized spacial score (nSPS) is 11.1. The summed E-state index contributed by atoms with van der Waals surface area (Å²) in [7, 11) is 0. The smallest absolute Gasteiger partial charge is 0.280 e. The molecule has 1 aromatic carbocycles. The SMILES string of the molecule is Cc1ccc([N+](=O)[O-])c(-c2nnc(CCl)n2CC(C)C)c1. The Hall–Kier alpha value is -1.95. The molecule has 0 atom stereocenters. The van der Waals surface area contributed by atoms with Gasteiger partial charge in [0, 0.05) is 12.6 Å². The van der Waals surface area contributed by atoms with Crippen molar-refractivity contribution in [2.45, 2.75) is 33.2 Å². The van der Waals surface area contributed by atoms with Gasteiger partial charge in [-0.25, -0.2) is 0 Å². The van der Waals surface area contributed by atoms with Crippen LogP contribution in [0.5, 0.6) is 0 Å². The molecule has 0 radical (unpaired) electrons. The van der Waals surface area contributed by atoms with E-state index in [0.717, 1.165) is 5.56 Å². The van der Waals surface area contributed by atoms with Crippen LogP contribution in [0.4, 0.5) is 5.69 Å². The number of nitrogens with zero attached hydrogens (tertiary/aromatic N) is 4. The first-order valence-corrected chi connectivity index (χ1v) is 7.21. The highest BCUT2D eigenvalue weighted by atomic mass is 35.5. The van der Waals surface area contributed by atoms with Crippen molar-refractivity contribution in [1.82, 2.24) is 14.8 Å². The molecule has 0 amide bonds. The fraction of sp³-hybridized carbons (Fsp3) is 0.429. The fourth-order valence-electron chi connectivity index (χ4n) is 2.18. The van der Waals surface area contributed by atoms with Crippen molar-refractivity contribution >= 4 is 17.3 Å². The molecule has 7 heteroatoms. The summed E-state index contributed by atoms with van der Waals surface area (Å²) in [5.41, 5.74) is 1.44. The Bertz CT molecular complexity index is 667. The van der Waals surface area contributed by atoms with Crippen LogP contribution in [0, 0.1) is 23.0 Å². The van der Waals surface area contributed by atoms with Gasteiger partial charge in [-0.2, -0.15) is 0 Å². The van der Waals surface area contributed by atoms with Crippen molar-refractivity contribution in [3.8, 4) is 11.4 Å². The van der Waals surface area contributed by atoms with Crippen LogP contribution in [0.1, 0.15) is 25.2 Å².